The fraction of sp³-hybridized carbons (Fsp3) is 0.636. The molecule has 3 atom stereocenters. The van der Waals surface area contributed by atoms with Crippen LogP contribution in [0.15, 0.2) is 30.3 Å². The van der Waals surface area contributed by atoms with Gasteiger partial charge in [-0.1, -0.05) is 82.7 Å². The number of hydrogen-bond acceptors (Lipinski definition) is 10. The van der Waals surface area contributed by atoms with Crippen molar-refractivity contribution in [2.24, 2.45) is 11.7 Å². The van der Waals surface area contributed by atoms with Gasteiger partial charge in [0, 0.05) is 6.61 Å². The molecule has 1 rings (SSSR count). The van der Waals surface area contributed by atoms with Crippen LogP contribution in [-0.2, 0) is 44.8 Å². The molecule has 4 amide bonds. The summed E-state index contributed by atoms with van der Waals surface area (Å²) in [6, 6.07) is 5.29. The number of esters is 1. The Balaban J connectivity index is 2.64. The van der Waals surface area contributed by atoms with Crippen LogP contribution >= 0.6 is 0 Å². The first kappa shape index (κ1) is 41.9. The number of amides is 4. The van der Waals surface area contributed by atoms with Crippen LogP contribution in [0.25, 0.3) is 0 Å². The van der Waals surface area contributed by atoms with Crippen molar-refractivity contribution in [3.63, 3.8) is 0 Å². The summed E-state index contributed by atoms with van der Waals surface area (Å²) in [5, 5.41) is 27.7. The first-order chi connectivity index (χ1) is 23.0. The summed E-state index contributed by atoms with van der Waals surface area (Å²) in [7, 11) is 0. The molecule has 0 aliphatic carbocycles. The van der Waals surface area contributed by atoms with Gasteiger partial charge in [-0.3, -0.25) is 24.0 Å². The Bertz CT molecular complexity index is 1140. The van der Waals surface area contributed by atoms with Gasteiger partial charge in [0.1, 0.15) is 18.1 Å². The quantitative estimate of drug-likeness (QED) is 0.0526. The zero-order valence-electron chi connectivity index (χ0n) is 28.0. The highest BCUT2D eigenvalue weighted by Gasteiger charge is 2.31. The Kier molecular flexibility index (Phi) is 21.9. The molecule has 15 heteroatoms. The number of hydrogen-bond donors (Lipinski definition) is 7. The molecule has 1 aromatic carbocycles. The number of carboxylic acid groups (broad SMARTS) is 1. The third-order valence-corrected chi connectivity index (χ3v) is 7.20. The molecule has 8 N–H and O–H groups in total. The first-order valence-corrected chi connectivity index (χ1v) is 16.5. The molecular formula is C33H53N5O10. The van der Waals surface area contributed by atoms with Crippen LogP contribution in [0.2, 0.25) is 0 Å². The van der Waals surface area contributed by atoms with Gasteiger partial charge in [0.15, 0.2) is 0 Å². The van der Waals surface area contributed by atoms with Gasteiger partial charge in [-0.05, 0) is 24.3 Å². The molecule has 0 fully saturated rings. The highest BCUT2D eigenvalue weighted by Crippen LogP contribution is 2.10. The lowest BCUT2D eigenvalue weighted by Gasteiger charge is -2.24. The largest absolute Gasteiger partial charge is 0.481 e. The fourth-order valence-electron chi connectivity index (χ4n) is 4.51. The Labute approximate surface area is 282 Å². The van der Waals surface area contributed by atoms with E-state index in [0.717, 1.165) is 50.5 Å². The van der Waals surface area contributed by atoms with Crippen molar-refractivity contribution in [2.45, 2.75) is 96.4 Å². The van der Waals surface area contributed by atoms with Gasteiger partial charge < -0.3 is 46.7 Å². The predicted octanol–water partition coefficient (Wildman–Crippen LogP) is 0.520. The van der Waals surface area contributed by atoms with E-state index in [0.29, 0.717) is 6.42 Å². The molecule has 0 heterocycles. The molecule has 0 radical (unpaired) electrons. The molecule has 0 bridgehead atoms. The molecule has 15 nitrogen and oxygen atoms in total. The van der Waals surface area contributed by atoms with Gasteiger partial charge in [0.2, 0.25) is 23.6 Å². The number of carbonyl (C=O) groups excluding carboxylic acids is 5. The Hall–Kier alpha value is -4.08. The summed E-state index contributed by atoms with van der Waals surface area (Å²) in [5.41, 5.74) is 6.19. The second-order valence-electron chi connectivity index (χ2n) is 11.7. The monoisotopic (exact) mass is 679 g/mol. The van der Waals surface area contributed by atoms with Crippen LogP contribution < -0.4 is 27.0 Å². The van der Waals surface area contributed by atoms with E-state index < -0.39 is 72.6 Å². The van der Waals surface area contributed by atoms with Crippen molar-refractivity contribution >= 4 is 35.6 Å². The molecule has 1 aromatic rings. The number of rotatable bonds is 26. The highest BCUT2D eigenvalue weighted by atomic mass is 16.5. The Morgan fingerprint density at radius 3 is 1.98 bits per heavy atom. The minimum Gasteiger partial charge on any atom is -0.481 e. The number of carboxylic acids is 1. The normalized spacial score (nSPS) is 12.8. The number of benzene rings is 1. The maximum absolute atomic E-state index is 13.0. The van der Waals surface area contributed by atoms with Crippen LogP contribution in [0.3, 0.4) is 0 Å². The smallest absolute Gasteiger partial charge is 0.328 e. The standard InChI is InChI=1S/C33H53N5O10/c1-23(2)30(33(46)48-17-13-8-6-4-3-5-7-12-16-39)38-32(45)25(18-29(42)43)36-28(41)20-35-31(44)26(37-27(40)19-34)22-47-21-24-14-10-9-11-15-24/h9-11,14-15,23,25-26,30,39H,3-8,12-13,16-22,34H2,1-2H3,(H,35,44)(H,36,41)(H,37,40)(H,38,45)(H,42,43)/t25-,26-,30-/m0/s1. The van der Waals surface area contributed by atoms with Crippen LogP contribution in [0.4, 0.5) is 0 Å². The third-order valence-electron chi connectivity index (χ3n) is 7.20. The average Bonchev–Trinajstić information content (AvgIpc) is 3.05. The maximum Gasteiger partial charge on any atom is 0.328 e. The van der Waals surface area contributed by atoms with Gasteiger partial charge in [-0.2, -0.15) is 0 Å². The lowest BCUT2D eigenvalue weighted by Crippen LogP contribution is -2.56. The van der Waals surface area contributed by atoms with Crippen molar-refractivity contribution in [1.29, 1.82) is 0 Å². The van der Waals surface area contributed by atoms with Crippen molar-refractivity contribution in [2.75, 3.05) is 32.9 Å². The summed E-state index contributed by atoms with van der Waals surface area (Å²) >= 11 is 0. The van der Waals surface area contributed by atoms with Gasteiger partial charge in [0.25, 0.3) is 0 Å². The Morgan fingerprint density at radius 2 is 1.40 bits per heavy atom. The van der Waals surface area contributed by atoms with Crippen molar-refractivity contribution in [3.8, 4) is 0 Å². The summed E-state index contributed by atoms with van der Waals surface area (Å²) in [6.07, 6.45) is 6.76. The van der Waals surface area contributed by atoms with Crippen LogP contribution in [0, 0.1) is 5.92 Å². The number of unbranched alkanes of at least 4 members (excludes halogenated alkanes) is 7. The van der Waals surface area contributed by atoms with Gasteiger partial charge >= 0.3 is 11.9 Å². The van der Waals surface area contributed by atoms with Gasteiger partial charge in [-0.15, -0.1) is 0 Å². The summed E-state index contributed by atoms with van der Waals surface area (Å²) in [6.45, 7) is 2.66. The Morgan fingerprint density at radius 1 is 0.792 bits per heavy atom. The molecule has 0 unspecified atom stereocenters. The lowest BCUT2D eigenvalue weighted by atomic mass is 10.0. The number of aliphatic hydroxyl groups is 1. The lowest BCUT2D eigenvalue weighted by molar-refractivity contribution is -0.149. The van der Waals surface area contributed by atoms with E-state index in [1.807, 2.05) is 30.3 Å². The summed E-state index contributed by atoms with van der Waals surface area (Å²) in [4.78, 5) is 74.6. The van der Waals surface area contributed by atoms with E-state index in [1.54, 1.807) is 13.8 Å². The number of nitrogens with two attached hydrogens (primary N) is 1. The van der Waals surface area contributed by atoms with E-state index in [-0.39, 0.29) is 33.0 Å². The summed E-state index contributed by atoms with van der Waals surface area (Å²) < 4.78 is 10.9. The number of nitrogens with one attached hydrogen (secondary N) is 4. The molecule has 0 saturated carbocycles. The van der Waals surface area contributed by atoms with Crippen LogP contribution in [0.1, 0.15) is 77.2 Å². The van der Waals surface area contributed by atoms with Crippen molar-refractivity contribution < 1.29 is 48.5 Å². The molecule has 0 aromatic heterocycles. The number of aliphatic carboxylic acids is 1. The zero-order valence-corrected chi connectivity index (χ0v) is 28.0. The van der Waals surface area contributed by atoms with Crippen LogP contribution in [0.5, 0.6) is 0 Å². The van der Waals surface area contributed by atoms with E-state index in [9.17, 15) is 33.9 Å². The molecule has 0 spiro atoms. The molecule has 0 aliphatic heterocycles. The minimum atomic E-state index is -1.56. The minimum absolute atomic E-state index is 0.161. The topological polar surface area (TPSA) is 235 Å². The number of ether oxygens (including phenoxy) is 2. The first-order valence-electron chi connectivity index (χ1n) is 16.5. The highest BCUT2D eigenvalue weighted by molar-refractivity contribution is 5.95. The average molecular weight is 680 g/mol. The summed E-state index contributed by atoms with van der Waals surface area (Å²) in [5.74, 6) is -5.62. The van der Waals surface area contributed by atoms with Crippen molar-refractivity contribution in [3.05, 3.63) is 35.9 Å². The molecular weight excluding hydrogens is 626 g/mol. The molecule has 0 saturated heterocycles. The van der Waals surface area contributed by atoms with E-state index in [1.165, 1.54) is 0 Å². The number of aliphatic hydroxyl groups excluding tert-OH is 1. The maximum atomic E-state index is 13.0. The predicted molar refractivity (Wildman–Crippen MR) is 176 cm³/mol. The van der Waals surface area contributed by atoms with Crippen molar-refractivity contribution in [1.82, 2.24) is 21.3 Å². The van der Waals surface area contributed by atoms with Crippen LogP contribution in [-0.4, -0.2) is 96.8 Å². The van der Waals surface area contributed by atoms with E-state index >= 15 is 0 Å². The molecule has 270 valence electrons. The number of carbonyl (C=O) groups is 6. The second-order valence-corrected chi connectivity index (χ2v) is 11.7. The van der Waals surface area contributed by atoms with Gasteiger partial charge in [0.05, 0.1) is 39.3 Å². The molecule has 0 aliphatic rings. The van der Waals surface area contributed by atoms with E-state index in [2.05, 4.69) is 21.3 Å². The second kappa shape index (κ2) is 25.0. The zero-order chi connectivity index (χ0) is 35.7. The van der Waals surface area contributed by atoms with E-state index in [4.69, 9.17) is 20.3 Å². The fourth-order valence-corrected chi connectivity index (χ4v) is 4.51. The molecule has 48 heavy (non-hydrogen) atoms. The SMILES string of the molecule is CC(C)[C@H](NC(=O)[C@H](CC(=O)O)NC(=O)CNC(=O)[C@H](COCc1ccccc1)NC(=O)CN)C(=O)OCCCCCCCCCCO. The van der Waals surface area contributed by atoms with Gasteiger partial charge in [-0.25, -0.2) is 4.79 Å². The third kappa shape index (κ3) is 18.9.